The molecule has 2 aromatic rings. The highest BCUT2D eigenvalue weighted by Crippen LogP contribution is 2.22. The molecule has 0 atom stereocenters. The third-order valence-corrected chi connectivity index (χ3v) is 4.11. The molecule has 0 saturated heterocycles. The molecule has 0 aliphatic heterocycles. The summed E-state index contributed by atoms with van der Waals surface area (Å²) in [6.45, 7) is 3.84. The van der Waals surface area contributed by atoms with E-state index in [1.165, 1.54) is 7.11 Å². The van der Waals surface area contributed by atoms with Gasteiger partial charge in [0.2, 0.25) is 0 Å². The van der Waals surface area contributed by atoms with Crippen LogP contribution >= 0.6 is 28.1 Å². The summed E-state index contributed by atoms with van der Waals surface area (Å²) in [5.41, 5.74) is 5.50. The minimum atomic E-state index is -0.486. The van der Waals surface area contributed by atoms with Gasteiger partial charge in [-0.2, -0.15) is 0 Å². The molecule has 2 amide bonds. The second-order valence-electron chi connectivity index (χ2n) is 5.30. The molecule has 2 aromatic carbocycles. The number of nitrogens with one attached hydrogen (secondary N) is 3. The number of methoxy groups -OCH3 is 1. The van der Waals surface area contributed by atoms with Crippen LogP contribution in [-0.4, -0.2) is 30.6 Å². The Morgan fingerprint density at radius 3 is 2.57 bits per heavy atom. The zero-order chi connectivity index (χ0) is 20.5. The molecule has 0 aromatic heterocycles. The number of ether oxygens (including phenoxy) is 2. The summed E-state index contributed by atoms with van der Waals surface area (Å²) in [7, 11) is 1.46. The average Bonchev–Trinajstić information content (AvgIpc) is 2.70. The molecule has 0 bridgehead atoms. The van der Waals surface area contributed by atoms with Crippen LogP contribution in [0.25, 0.3) is 0 Å². The van der Waals surface area contributed by atoms with Gasteiger partial charge in [-0.25, -0.2) is 0 Å². The summed E-state index contributed by atoms with van der Waals surface area (Å²) in [4.78, 5) is 24.7. The largest absolute Gasteiger partial charge is 0.496 e. The lowest BCUT2D eigenvalue weighted by atomic mass is 10.2. The van der Waals surface area contributed by atoms with Gasteiger partial charge in [-0.3, -0.25) is 25.8 Å². The Bertz CT molecular complexity index is 904. The zero-order valence-corrected chi connectivity index (χ0v) is 17.4. The fourth-order valence-electron chi connectivity index (χ4n) is 2.17. The number of thiocarbonyl (C=S) groups is 1. The van der Waals surface area contributed by atoms with Gasteiger partial charge >= 0.3 is 0 Å². The molecule has 0 fully saturated rings. The van der Waals surface area contributed by atoms with Crippen LogP contribution in [0.5, 0.6) is 11.5 Å². The smallest absolute Gasteiger partial charge is 0.273 e. The third-order valence-electron chi connectivity index (χ3n) is 3.41. The number of carbonyl (C=O) groups excluding carboxylic acids is 2. The summed E-state index contributed by atoms with van der Waals surface area (Å²) in [5, 5.41) is 2.40. The Kier molecular flexibility index (Phi) is 7.97. The first-order chi connectivity index (χ1) is 13.5. The summed E-state index contributed by atoms with van der Waals surface area (Å²) in [6, 6.07) is 11.7. The van der Waals surface area contributed by atoms with E-state index in [-0.39, 0.29) is 17.3 Å². The van der Waals surface area contributed by atoms with Crippen LogP contribution in [0.15, 0.2) is 59.6 Å². The van der Waals surface area contributed by atoms with Gasteiger partial charge < -0.3 is 9.47 Å². The van der Waals surface area contributed by atoms with Crippen LogP contribution in [-0.2, 0) is 0 Å². The monoisotopic (exact) mass is 463 g/mol. The predicted octanol–water partition coefficient (Wildman–Crippen LogP) is 2.97. The standard InChI is InChI=1S/C19H18BrN3O4S/c1-3-10-27-16-7-5-4-6-13(16)18(25)22-23-19(28)21-17(24)14-11-12(20)8-9-15(14)26-2/h3-9,11H,1,10H2,2H3,(H,22,25)(H2,21,23,24,28). The molecule has 0 unspecified atom stereocenters. The van der Waals surface area contributed by atoms with Crippen LogP contribution < -0.4 is 25.6 Å². The van der Waals surface area contributed by atoms with E-state index in [0.717, 1.165) is 0 Å². The van der Waals surface area contributed by atoms with Gasteiger partial charge in [-0.05, 0) is 42.5 Å². The molecule has 0 saturated carbocycles. The van der Waals surface area contributed by atoms with Crippen molar-refractivity contribution < 1.29 is 19.1 Å². The van der Waals surface area contributed by atoms with Gasteiger partial charge in [-0.1, -0.05) is 40.7 Å². The molecule has 0 spiro atoms. The number of amides is 2. The van der Waals surface area contributed by atoms with Gasteiger partial charge in [0.05, 0.1) is 18.2 Å². The molecule has 146 valence electrons. The Morgan fingerprint density at radius 2 is 1.86 bits per heavy atom. The quantitative estimate of drug-likeness (QED) is 0.346. The summed E-state index contributed by atoms with van der Waals surface area (Å²) < 4.78 is 11.3. The lowest BCUT2D eigenvalue weighted by Crippen LogP contribution is -2.48. The highest BCUT2D eigenvalue weighted by atomic mass is 79.9. The topological polar surface area (TPSA) is 88.7 Å². The molecule has 0 aliphatic rings. The molecule has 0 radical (unpaired) electrons. The first kappa shape index (κ1) is 21.4. The second-order valence-corrected chi connectivity index (χ2v) is 6.63. The number of para-hydroxylation sites is 1. The van der Waals surface area contributed by atoms with Crippen LogP contribution in [0, 0.1) is 0 Å². The van der Waals surface area contributed by atoms with Gasteiger partial charge in [0.15, 0.2) is 5.11 Å². The maximum Gasteiger partial charge on any atom is 0.273 e. The van der Waals surface area contributed by atoms with E-state index in [4.69, 9.17) is 21.7 Å². The molecule has 0 aliphatic carbocycles. The van der Waals surface area contributed by atoms with Crippen molar-refractivity contribution in [1.82, 2.24) is 16.2 Å². The third kappa shape index (κ3) is 5.80. The lowest BCUT2D eigenvalue weighted by molar-refractivity contribution is 0.0931. The Morgan fingerprint density at radius 1 is 1.11 bits per heavy atom. The van der Waals surface area contributed by atoms with E-state index in [9.17, 15) is 9.59 Å². The number of hydrogen-bond acceptors (Lipinski definition) is 5. The highest BCUT2D eigenvalue weighted by Gasteiger charge is 2.16. The van der Waals surface area contributed by atoms with Crippen LogP contribution in [0.4, 0.5) is 0 Å². The number of hydrazine groups is 1. The van der Waals surface area contributed by atoms with Gasteiger partial charge in [0, 0.05) is 4.47 Å². The maximum absolute atomic E-state index is 12.4. The molecule has 2 rings (SSSR count). The summed E-state index contributed by atoms with van der Waals surface area (Å²) in [5.74, 6) is -0.174. The van der Waals surface area contributed by atoms with Crippen molar-refractivity contribution in [2.24, 2.45) is 0 Å². The maximum atomic E-state index is 12.4. The SMILES string of the molecule is C=CCOc1ccccc1C(=O)NNC(=S)NC(=O)c1cc(Br)ccc1OC. The molecule has 0 heterocycles. The Labute approximate surface area is 176 Å². The van der Waals surface area contributed by atoms with E-state index >= 15 is 0 Å². The van der Waals surface area contributed by atoms with Crippen molar-refractivity contribution >= 4 is 45.1 Å². The minimum absolute atomic E-state index is 0.0788. The van der Waals surface area contributed by atoms with E-state index in [0.29, 0.717) is 21.5 Å². The molecular formula is C19H18BrN3O4S. The first-order valence-corrected chi connectivity index (χ1v) is 9.24. The molecule has 3 N–H and O–H groups in total. The van der Waals surface area contributed by atoms with Crippen molar-refractivity contribution in [3.8, 4) is 11.5 Å². The lowest BCUT2D eigenvalue weighted by Gasteiger charge is -2.14. The van der Waals surface area contributed by atoms with Crippen molar-refractivity contribution in [2.45, 2.75) is 0 Å². The minimum Gasteiger partial charge on any atom is -0.496 e. The number of hydrogen-bond donors (Lipinski definition) is 3. The van der Waals surface area contributed by atoms with E-state index < -0.39 is 11.8 Å². The van der Waals surface area contributed by atoms with Gasteiger partial charge in [0.1, 0.15) is 18.1 Å². The zero-order valence-electron chi connectivity index (χ0n) is 15.0. The van der Waals surface area contributed by atoms with Gasteiger partial charge in [0.25, 0.3) is 11.8 Å². The second kappa shape index (κ2) is 10.4. The Balaban J connectivity index is 1.97. The van der Waals surface area contributed by atoms with Crippen LogP contribution in [0.1, 0.15) is 20.7 Å². The van der Waals surface area contributed by atoms with Crippen LogP contribution in [0.3, 0.4) is 0 Å². The van der Waals surface area contributed by atoms with E-state index in [1.54, 1.807) is 48.5 Å². The van der Waals surface area contributed by atoms with Crippen LogP contribution in [0.2, 0.25) is 0 Å². The fraction of sp³-hybridized carbons (Fsp3) is 0.105. The van der Waals surface area contributed by atoms with Crippen molar-refractivity contribution in [3.05, 3.63) is 70.7 Å². The molecule has 28 heavy (non-hydrogen) atoms. The molecule has 7 nitrogen and oxygen atoms in total. The van der Waals surface area contributed by atoms with Crippen molar-refractivity contribution in [3.63, 3.8) is 0 Å². The van der Waals surface area contributed by atoms with E-state index in [1.807, 2.05) is 0 Å². The average molecular weight is 464 g/mol. The summed E-state index contributed by atoms with van der Waals surface area (Å²) in [6.07, 6.45) is 1.58. The normalized spacial score (nSPS) is 9.79. The van der Waals surface area contributed by atoms with Gasteiger partial charge in [-0.15, -0.1) is 0 Å². The molecular weight excluding hydrogens is 446 g/mol. The number of rotatable bonds is 6. The van der Waals surface area contributed by atoms with E-state index in [2.05, 4.69) is 38.7 Å². The predicted molar refractivity (Wildman–Crippen MR) is 113 cm³/mol. The van der Waals surface area contributed by atoms with Crippen molar-refractivity contribution in [1.29, 1.82) is 0 Å². The fourth-order valence-corrected chi connectivity index (χ4v) is 2.67. The number of halogens is 1. The highest BCUT2D eigenvalue weighted by molar-refractivity contribution is 9.10. The summed E-state index contributed by atoms with van der Waals surface area (Å²) >= 11 is 8.36. The van der Waals surface area contributed by atoms with Crippen molar-refractivity contribution in [2.75, 3.05) is 13.7 Å². The first-order valence-electron chi connectivity index (χ1n) is 8.04. The number of benzene rings is 2. The Hall–Kier alpha value is -2.91. The molecule has 9 heteroatoms. The number of carbonyl (C=O) groups is 2.